The first kappa shape index (κ1) is 21.5. The average molecular weight is 408 g/mol. The molecule has 0 aliphatic carbocycles. The van der Waals surface area contributed by atoms with Gasteiger partial charge in [0.2, 0.25) is 0 Å². The fourth-order valence-corrected chi connectivity index (χ4v) is 3.60. The monoisotopic (exact) mass is 408 g/mol. The lowest BCUT2D eigenvalue weighted by molar-refractivity contribution is -0.138. The maximum absolute atomic E-state index is 12.9. The van der Waals surface area contributed by atoms with Crippen LogP contribution in [0.5, 0.6) is 11.5 Å². The van der Waals surface area contributed by atoms with E-state index in [4.69, 9.17) is 9.47 Å². The van der Waals surface area contributed by atoms with Crippen molar-refractivity contribution in [3.05, 3.63) is 59.7 Å². The minimum absolute atomic E-state index is 0.0218. The second-order valence-electron chi connectivity index (χ2n) is 7.14. The molecular weight excluding hydrogens is 381 g/mol. The lowest BCUT2D eigenvalue weighted by Crippen LogP contribution is -2.45. The highest BCUT2D eigenvalue weighted by atomic mass is 19.4. The van der Waals surface area contributed by atoms with Crippen LogP contribution in [0.3, 0.4) is 0 Å². The summed E-state index contributed by atoms with van der Waals surface area (Å²) in [4.78, 5) is 2.12. The molecule has 1 atom stereocenters. The van der Waals surface area contributed by atoms with E-state index in [2.05, 4.69) is 10.2 Å². The number of piperazine rings is 1. The SMILES string of the molecule is COc1ccc([C@@H](CCC(F)(F)F)N2CCNCC2)cc1OCc1ccccc1. The molecule has 0 unspecified atom stereocenters. The number of hydrogen-bond donors (Lipinski definition) is 1. The molecule has 0 bridgehead atoms. The molecule has 1 N–H and O–H groups in total. The zero-order chi connectivity index (χ0) is 20.7. The second kappa shape index (κ2) is 9.98. The zero-order valence-electron chi connectivity index (χ0n) is 16.5. The van der Waals surface area contributed by atoms with Gasteiger partial charge in [0.1, 0.15) is 6.61 Å². The Kier molecular flexibility index (Phi) is 7.39. The van der Waals surface area contributed by atoms with Crippen LogP contribution in [0.1, 0.15) is 30.0 Å². The Morgan fingerprint density at radius 2 is 1.76 bits per heavy atom. The van der Waals surface area contributed by atoms with E-state index in [1.165, 1.54) is 0 Å². The van der Waals surface area contributed by atoms with Crippen LogP contribution in [0.4, 0.5) is 13.2 Å². The van der Waals surface area contributed by atoms with Gasteiger partial charge in [-0.05, 0) is 29.7 Å². The summed E-state index contributed by atoms with van der Waals surface area (Å²) < 4.78 is 50.1. The summed E-state index contributed by atoms with van der Waals surface area (Å²) in [6, 6.07) is 14.9. The number of methoxy groups -OCH3 is 1. The molecule has 2 aromatic rings. The number of rotatable bonds is 8. The zero-order valence-corrected chi connectivity index (χ0v) is 16.5. The predicted molar refractivity (Wildman–Crippen MR) is 106 cm³/mol. The number of halogens is 3. The Hall–Kier alpha value is -2.25. The van der Waals surface area contributed by atoms with Crippen LogP contribution < -0.4 is 14.8 Å². The van der Waals surface area contributed by atoms with Gasteiger partial charge in [0, 0.05) is 38.6 Å². The van der Waals surface area contributed by atoms with Gasteiger partial charge in [-0.15, -0.1) is 0 Å². The van der Waals surface area contributed by atoms with Gasteiger partial charge in [-0.25, -0.2) is 0 Å². The molecule has 0 amide bonds. The molecular formula is C22H27F3N2O2. The standard InChI is InChI=1S/C22H27F3N2O2/c1-28-20-8-7-18(15-21(20)29-16-17-5-3-2-4-6-17)19(9-10-22(23,24)25)27-13-11-26-12-14-27/h2-8,15,19,26H,9-14,16H2,1H3/t19-/m1/s1. The van der Waals surface area contributed by atoms with E-state index in [1.54, 1.807) is 13.2 Å². The molecule has 1 heterocycles. The predicted octanol–water partition coefficient (Wildman–Crippen LogP) is 4.56. The largest absolute Gasteiger partial charge is 0.493 e. The van der Waals surface area contributed by atoms with Crippen molar-refractivity contribution >= 4 is 0 Å². The lowest BCUT2D eigenvalue weighted by atomic mass is 9.98. The minimum atomic E-state index is -4.18. The molecule has 0 saturated carbocycles. The van der Waals surface area contributed by atoms with E-state index in [1.807, 2.05) is 42.5 Å². The van der Waals surface area contributed by atoms with Crippen molar-refractivity contribution in [1.29, 1.82) is 0 Å². The third-order valence-corrected chi connectivity index (χ3v) is 5.10. The Bertz CT molecular complexity index is 762. The van der Waals surface area contributed by atoms with Gasteiger partial charge in [0.25, 0.3) is 0 Å². The molecule has 4 nitrogen and oxygen atoms in total. The third kappa shape index (κ3) is 6.37. The van der Waals surface area contributed by atoms with Crippen LogP contribution in [0.2, 0.25) is 0 Å². The summed E-state index contributed by atoms with van der Waals surface area (Å²) in [5.74, 6) is 1.11. The van der Waals surface area contributed by atoms with Gasteiger partial charge in [-0.1, -0.05) is 36.4 Å². The van der Waals surface area contributed by atoms with Crippen LogP contribution in [0.25, 0.3) is 0 Å². The number of nitrogens with zero attached hydrogens (tertiary/aromatic N) is 1. The van der Waals surface area contributed by atoms with Crippen LogP contribution in [0.15, 0.2) is 48.5 Å². The Balaban J connectivity index is 1.82. The molecule has 0 spiro atoms. The lowest BCUT2D eigenvalue weighted by Gasteiger charge is -2.35. The number of hydrogen-bond acceptors (Lipinski definition) is 4. The van der Waals surface area contributed by atoms with Crippen molar-refractivity contribution in [2.24, 2.45) is 0 Å². The van der Waals surface area contributed by atoms with Gasteiger partial charge in [-0.2, -0.15) is 13.2 Å². The molecule has 2 aromatic carbocycles. The maximum Gasteiger partial charge on any atom is 0.389 e. The van der Waals surface area contributed by atoms with E-state index >= 15 is 0 Å². The highest BCUT2D eigenvalue weighted by Crippen LogP contribution is 2.36. The van der Waals surface area contributed by atoms with Crippen molar-refractivity contribution in [3.63, 3.8) is 0 Å². The molecule has 3 rings (SSSR count). The van der Waals surface area contributed by atoms with Crippen molar-refractivity contribution in [2.45, 2.75) is 31.7 Å². The first-order valence-corrected chi connectivity index (χ1v) is 9.82. The quantitative estimate of drug-likeness (QED) is 0.694. The Morgan fingerprint density at radius 1 is 1.03 bits per heavy atom. The van der Waals surface area contributed by atoms with Gasteiger partial charge in [-0.3, -0.25) is 4.90 Å². The van der Waals surface area contributed by atoms with Crippen LogP contribution >= 0.6 is 0 Å². The summed E-state index contributed by atoms with van der Waals surface area (Å²) in [5, 5.41) is 3.25. The second-order valence-corrected chi connectivity index (χ2v) is 7.14. The number of alkyl halides is 3. The molecule has 0 radical (unpaired) electrons. The van der Waals surface area contributed by atoms with E-state index in [-0.39, 0.29) is 12.5 Å². The Labute approximate surface area is 169 Å². The number of benzene rings is 2. The highest BCUT2D eigenvalue weighted by molar-refractivity contribution is 5.44. The van der Waals surface area contributed by atoms with Gasteiger partial charge in [0.05, 0.1) is 7.11 Å². The summed E-state index contributed by atoms with van der Waals surface area (Å²) in [7, 11) is 1.56. The molecule has 7 heteroatoms. The molecule has 0 aromatic heterocycles. The molecule has 29 heavy (non-hydrogen) atoms. The fraction of sp³-hybridized carbons (Fsp3) is 0.455. The molecule has 1 aliphatic heterocycles. The van der Waals surface area contributed by atoms with Gasteiger partial charge in [0.15, 0.2) is 11.5 Å². The van der Waals surface area contributed by atoms with Gasteiger partial charge >= 0.3 is 6.18 Å². The molecule has 158 valence electrons. The summed E-state index contributed by atoms with van der Waals surface area (Å²) >= 11 is 0. The van der Waals surface area contributed by atoms with Crippen molar-refractivity contribution in [3.8, 4) is 11.5 Å². The molecule has 1 aliphatic rings. The fourth-order valence-electron chi connectivity index (χ4n) is 3.60. The summed E-state index contributed by atoms with van der Waals surface area (Å²) in [5.41, 5.74) is 1.83. The van der Waals surface area contributed by atoms with E-state index in [9.17, 15) is 13.2 Å². The van der Waals surface area contributed by atoms with E-state index in [0.29, 0.717) is 18.1 Å². The first-order valence-electron chi connectivity index (χ1n) is 9.82. The van der Waals surface area contributed by atoms with Crippen molar-refractivity contribution in [2.75, 3.05) is 33.3 Å². The average Bonchev–Trinajstić information content (AvgIpc) is 2.73. The van der Waals surface area contributed by atoms with E-state index < -0.39 is 12.6 Å². The van der Waals surface area contributed by atoms with Crippen LogP contribution in [-0.4, -0.2) is 44.4 Å². The smallest absolute Gasteiger partial charge is 0.389 e. The topological polar surface area (TPSA) is 33.7 Å². The van der Waals surface area contributed by atoms with E-state index in [0.717, 1.165) is 37.3 Å². The van der Waals surface area contributed by atoms with Crippen molar-refractivity contribution < 1.29 is 22.6 Å². The third-order valence-electron chi connectivity index (χ3n) is 5.10. The Morgan fingerprint density at radius 3 is 2.41 bits per heavy atom. The first-order chi connectivity index (χ1) is 14.0. The molecule has 1 saturated heterocycles. The summed E-state index contributed by atoms with van der Waals surface area (Å²) in [6.07, 6.45) is -4.97. The maximum atomic E-state index is 12.9. The minimum Gasteiger partial charge on any atom is -0.493 e. The molecule has 1 fully saturated rings. The number of nitrogens with one attached hydrogen (secondary N) is 1. The van der Waals surface area contributed by atoms with Crippen molar-refractivity contribution in [1.82, 2.24) is 10.2 Å². The summed E-state index contributed by atoms with van der Waals surface area (Å²) in [6.45, 7) is 3.34. The van der Waals surface area contributed by atoms with Crippen LogP contribution in [-0.2, 0) is 6.61 Å². The van der Waals surface area contributed by atoms with Gasteiger partial charge < -0.3 is 14.8 Å². The number of ether oxygens (including phenoxy) is 2. The van der Waals surface area contributed by atoms with Crippen LogP contribution in [0, 0.1) is 0 Å². The highest BCUT2D eigenvalue weighted by Gasteiger charge is 2.31. The normalized spacial score (nSPS) is 16.4.